The van der Waals surface area contributed by atoms with E-state index < -0.39 is 0 Å². The molecular weight excluding hydrogens is 272 g/mol. The van der Waals surface area contributed by atoms with Crippen LogP contribution < -0.4 is 10.6 Å². The highest BCUT2D eigenvalue weighted by molar-refractivity contribution is 5.88. The van der Waals surface area contributed by atoms with Gasteiger partial charge in [-0.25, -0.2) is 0 Å². The van der Waals surface area contributed by atoms with Gasteiger partial charge in [0.25, 0.3) is 0 Å². The van der Waals surface area contributed by atoms with Gasteiger partial charge in [-0.15, -0.1) is 0 Å². The van der Waals surface area contributed by atoms with Crippen molar-refractivity contribution in [3.05, 3.63) is 58.7 Å². The highest BCUT2D eigenvalue weighted by Gasteiger charge is 2.12. The summed E-state index contributed by atoms with van der Waals surface area (Å²) in [5.41, 5.74) is 7.12. The first-order chi connectivity index (χ1) is 10.4. The second-order valence-corrected chi connectivity index (χ2v) is 5.94. The zero-order chi connectivity index (χ0) is 16.3. The lowest BCUT2D eigenvalue weighted by atomic mass is 9.95. The van der Waals surface area contributed by atoms with E-state index in [4.69, 9.17) is 0 Å². The van der Waals surface area contributed by atoms with Gasteiger partial charge in [0.1, 0.15) is 0 Å². The Labute approximate surface area is 132 Å². The Kier molecular flexibility index (Phi) is 4.86. The maximum atomic E-state index is 11.0. The van der Waals surface area contributed by atoms with Crippen molar-refractivity contribution in [2.24, 2.45) is 0 Å². The van der Waals surface area contributed by atoms with Crippen molar-refractivity contribution in [2.45, 2.75) is 40.7 Å². The van der Waals surface area contributed by atoms with Crippen LogP contribution in [0, 0.1) is 20.8 Å². The highest BCUT2D eigenvalue weighted by atomic mass is 16.1. The standard InChI is InChI=1S/C19H24N2O/c1-12-10-13(2)19(14(3)11-12)15(4)20-17-6-8-18(9-7-17)21-16(5)22/h6-11,15,20H,1-5H3,(H,21,22). The molecule has 0 aliphatic carbocycles. The summed E-state index contributed by atoms with van der Waals surface area (Å²) in [4.78, 5) is 11.0. The SMILES string of the molecule is CC(=O)Nc1ccc(NC(C)c2c(C)cc(C)cc2C)cc1. The van der Waals surface area contributed by atoms with Crippen LogP contribution in [0.4, 0.5) is 11.4 Å². The van der Waals surface area contributed by atoms with Gasteiger partial charge in [-0.2, -0.15) is 0 Å². The van der Waals surface area contributed by atoms with Gasteiger partial charge in [-0.05, 0) is 68.7 Å². The highest BCUT2D eigenvalue weighted by Crippen LogP contribution is 2.27. The summed E-state index contributed by atoms with van der Waals surface area (Å²) in [6.07, 6.45) is 0. The lowest BCUT2D eigenvalue weighted by molar-refractivity contribution is -0.114. The van der Waals surface area contributed by atoms with E-state index in [1.807, 2.05) is 24.3 Å². The third-order valence-electron chi connectivity index (χ3n) is 3.76. The van der Waals surface area contributed by atoms with Crippen molar-refractivity contribution < 1.29 is 4.79 Å². The van der Waals surface area contributed by atoms with Crippen molar-refractivity contribution in [3.63, 3.8) is 0 Å². The Morgan fingerprint density at radius 2 is 1.45 bits per heavy atom. The molecule has 2 rings (SSSR count). The van der Waals surface area contributed by atoms with Gasteiger partial charge in [0.05, 0.1) is 0 Å². The molecule has 0 aliphatic rings. The lowest BCUT2D eigenvalue weighted by Crippen LogP contribution is -2.10. The molecule has 2 aromatic rings. The van der Waals surface area contributed by atoms with Crippen LogP contribution in [0.5, 0.6) is 0 Å². The number of hydrogen-bond donors (Lipinski definition) is 2. The average Bonchev–Trinajstić information content (AvgIpc) is 2.39. The van der Waals surface area contributed by atoms with Gasteiger partial charge >= 0.3 is 0 Å². The molecule has 0 spiro atoms. The van der Waals surface area contributed by atoms with Crippen LogP contribution in [0.1, 0.15) is 42.1 Å². The minimum Gasteiger partial charge on any atom is -0.378 e. The maximum absolute atomic E-state index is 11.0. The molecule has 1 atom stereocenters. The van der Waals surface area contributed by atoms with Gasteiger partial charge in [0.2, 0.25) is 5.91 Å². The molecule has 0 fully saturated rings. The van der Waals surface area contributed by atoms with Crippen LogP contribution in [0.25, 0.3) is 0 Å². The summed E-state index contributed by atoms with van der Waals surface area (Å²) < 4.78 is 0. The van der Waals surface area contributed by atoms with Crippen LogP contribution in [-0.2, 0) is 4.79 Å². The molecule has 2 aromatic carbocycles. The molecule has 116 valence electrons. The number of aryl methyl sites for hydroxylation is 3. The Balaban J connectivity index is 2.15. The van der Waals surface area contributed by atoms with Crippen molar-refractivity contribution in [3.8, 4) is 0 Å². The zero-order valence-electron chi connectivity index (χ0n) is 13.9. The predicted molar refractivity (Wildman–Crippen MR) is 93.4 cm³/mol. The molecule has 0 saturated heterocycles. The Morgan fingerprint density at radius 1 is 0.955 bits per heavy atom. The molecule has 0 aliphatic heterocycles. The number of carbonyl (C=O) groups excluding carboxylic acids is 1. The van der Waals surface area contributed by atoms with E-state index in [0.29, 0.717) is 0 Å². The second-order valence-electron chi connectivity index (χ2n) is 5.94. The fourth-order valence-electron chi connectivity index (χ4n) is 3.05. The van der Waals surface area contributed by atoms with Crippen molar-refractivity contribution >= 4 is 17.3 Å². The number of nitrogens with one attached hydrogen (secondary N) is 2. The lowest BCUT2D eigenvalue weighted by Gasteiger charge is -2.21. The van der Waals surface area contributed by atoms with E-state index in [1.165, 1.54) is 29.2 Å². The predicted octanol–water partition coefficient (Wildman–Crippen LogP) is 4.74. The van der Waals surface area contributed by atoms with Gasteiger partial charge < -0.3 is 10.6 Å². The number of anilines is 2. The molecule has 3 heteroatoms. The maximum Gasteiger partial charge on any atom is 0.221 e. The normalized spacial score (nSPS) is 11.9. The number of carbonyl (C=O) groups is 1. The van der Waals surface area contributed by atoms with E-state index >= 15 is 0 Å². The van der Waals surface area contributed by atoms with E-state index in [0.717, 1.165) is 11.4 Å². The molecule has 3 nitrogen and oxygen atoms in total. The van der Waals surface area contributed by atoms with Crippen LogP contribution in [-0.4, -0.2) is 5.91 Å². The molecule has 0 radical (unpaired) electrons. The topological polar surface area (TPSA) is 41.1 Å². The monoisotopic (exact) mass is 296 g/mol. The van der Waals surface area contributed by atoms with Gasteiger partial charge in [-0.1, -0.05) is 17.7 Å². The summed E-state index contributed by atoms with van der Waals surface area (Å²) >= 11 is 0. The molecule has 0 aromatic heterocycles. The van der Waals surface area contributed by atoms with Gasteiger partial charge in [0, 0.05) is 24.3 Å². The molecule has 0 bridgehead atoms. The van der Waals surface area contributed by atoms with Crippen molar-refractivity contribution in [2.75, 3.05) is 10.6 Å². The van der Waals surface area contributed by atoms with E-state index in [9.17, 15) is 4.79 Å². The average molecular weight is 296 g/mol. The summed E-state index contributed by atoms with van der Waals surface area (Å²) in [5.74, 6) is -0.0556. The third kappa shape index (κ3) is 3.88. The number of amides is 1. The largest absolute Gasteiger partial charge is 0.378 e. The van der Waals surface area contributed by atoms with E-state index in [1.54, 1.807) is 0 Å². The Morgan fingerprint density at radius 3 is 1.95 bits per heavy atom. The minimum absolute atomic E-state index is 0.0556. The summed E-state index contributed by atoms with van der Waals surface area (Å²) in [6, 6.07) is 12.5. The summed E-state index contributed by atoms with van der Waals surface area (Å²) in [6.45, 7) is 10.1. The second kappa shape index (κ2) is 6.65. The molecule has 0 saturated carbocycles. The molecular formula is C19H24N2O. The summed E-state index contributed by atoms with van der Waals surface area (Å²) in [5, 5.41) is 6.30. The van der Waals surface area contributed by atoms with Crippen LogP contribution in [0.2, 0.25) is 0 Å². The molecule has 1 amide bonds. The summed E-state index contributed by atoms with van der Waals surface area (Å²) in [7, 11) is 0. The molecule has 22 heavy (non-hydrogen) atoms. The fourth-order valence-corrected chi connectivity index (χ4v) is 3.05. The Bertz CT molecular complexity index is 651. The van der Waals surface area contributed by atoms with E-state index in [-0.39, 0.29) is 11.9 Å². The third-order valence-corrected chi connectivity index (χ3v) is 3.76. The van der Waals surface area contributed by atoms with Gasteiger partial charge in [0.15, 0.2) is 0 Å². The van der Waals surface area contributed by atoms with Crippen LogP contribution in [0.3, 0.4) is 0 Å². The van der Waals surface area contributed by atoms with Crippen LogP contribution >= 0.6 is 0 Å². The minimum atomic E-state index is -0.0556. The van der Waals surface area contributed by atoms with E-state index in [2.05, 4.69) is 50.5 Å². The first-order valence-electron chi connectivity index (χ1n) is 7.58. The van der Waals surface area contributed by atoms with Crippen molar-refractivity contribution in [1.82, 2.24) is 0 Å². The smallest absolute Gasteiger partial charge is 0.221 e. The molecule has 1 unspecified atom stereocenters. The first kappa shape index (κ1) is 16.1. The zero-order valence-corrected chi connectivity index (χ0v) is 13.9. The quantitative estimate of drug-likeness (QED) is 0.855. The molecule has 2 N–H and O–H groups in total. The van der Waals surface area contributed by atoms with Gasteiger partial charge in [-0.3, -0.25) is 4.79 Å². The first-order valence-corrected chi connectivity index (χ1v) is 7.58. The number of rotatable bonds is 4. The van der Waals surface area contributed by atoms with Crippen LogP contribution in [0.15, 0.2) is 36.4 Å². The van der Waals surface area contributed by atoms with Crippen molar-refractivity contribution in [1.29, 1.82) is 0 Å². The Hall–Kier alpha value is -2.29. The fraction of sp³-hybridized carbons (Fsp3) is 0.316. The number of benzene rings is 2. The molecule has 0 heterocycles. The number of hydrogen-bond acceptors (Lipinski definition) is 2.